The molecule has 4 nitrogen and oxygen atoms in total. The van der Waals surface area contributed by atoms with Crippen molar-refractivity contribution in [3.63, 3.8) is 0 Å². The zero-order chi connectivity index (χ0) is 17.8. The molecule has 0 bridgehead atoms. The molecule has 1 fully saturated rings. The molecule has 0 aromatic heterocycles. The fourth-order valence-electron chi connectivity index (χ4n) is 2.96. The number of hydrogen-bond donors (Lipinski definition) is 1. The molecule has 0 spiro atoms. The van der Waals surface area contributed by atoms with Gasteiger partial charge in [-0.05, 0) is 36.9 Å². The van der Waals surface area contributed by atoms with Gasteiger partial charge in [-0.3, -0.25) is 4.79 Å². The Morgan fingerprint density at radius 1 is 1.16 bits per heavy atom. The highest BCUT2D eigenvalue weighted by molar-refractivity contribution is 9.10. The van der Waals surface area contributed by atoms with E-state index < -0.39 is 0 Å². The maximum atomic E-state index is 12.4. The third kappa shape index (κ3) is 4.54. The molecule has 1 saturated heterocycles. The summed E-state index contributed by atoms with van der Waals surface area (Å²) >= 11 is 9.52. The summed E-state index contributed by atoms with van der Waals surface area (Å²) in [5.74, 6) is -0.161. The van der Waals surface area contributed by atoms with Gasteiger partial charge in [-0.1, -0.05) is 45.7 Å². The maximum absolute atomic E-state index is 12.4. The Morgan fingerprint density at radius 2 is 1.88 bits per heavy atom. The summed E-state index contributed by atoms with van der Waals surface area (Å²) in [6, 6.07) is 13.5. The van der Waals surface area contributed by atoms with Gasteiger partial charge in [0.15, 0.2) is 0 Å². The van der Waals surface area contributed by atoms with Crippen molar-refractivity contribution in [1.82, 2.24) is 10.2 Å². The third-order valence-electron chi connectivity index (χ3n) is 4.45. The van der Waals surface area contributed by atoms with Crippen LogP contribution in [0.4, 0.5) is 5.69 Å². The highest BCUT2D eigenvalue weighted by Crippen LogP contribution is 2.23. The van der Waals surface area contributed by atoms with Crippen LogP contribution in [0.3, 0.4) is 0 Å². The van der Waals surface area contributed by atoms with E-state index in [-0.39, 0.29) is 5.91 Å². The van der Waals surface area contributed by atoms with Gasteiger partial charge in [0.05, 0.1) is 10.6 Å². The summed E-state index contributed by atoms with van der Waals surface area (Å²) in [5, 5.41) is 3.43. The number of nitrogens with one attached hydrogen (secondary N) is 1. The van der Waals surface area contributed by atoms with Crippen LogP contribution in [-0.2, 0) is 6.54 Å². The number of nitrogens with zero attached hydrogens (tertiary/aromatic N) is 2. The van der Waals surface area contributed by atoms with Gasteiger partial charge < -0.3 is 15.1 Å². The summed E-state index contributed by atoms with van der Waals surface area (Å²) in [4.78, 5) is 17.2. The molecule has 1 aliphatic heterocycles. The van der Waals surface area contributed by atoms with Crippen LogP contribution >= 0.6 is 27.5 Å². The van der Waals surface area contributed by atoms with Crippen molar-refractivity contribution in [3.8, 4) is 0 Å². The van der Waals surface area contributed by atoms with E-state index in [9.17, 15) is 4.79 Å². The number of rotatable bonds is 4. The Balaban J connectivity index is 1.70. The molecule has 1 amide bonds. The number of likely N-dealkylation sites (N-methyl/N-ethyl adjacent to an activating group) is 1. The molecule has 0 unspecified atom stereocenters. The zero-order valence-corrected chi connectivity index (χ0v) is 16.5. The fraction of sp³-hybridized carbons (Fsp3) is 0.316. The predicted molar refractivity (Wildman–Crippen MR) is 106 cm³/mol. The molecule has 1 N–H and O–H groups in total. The molecule has 0 radical (unpaired) electrons. The summed E-state index contributed by atoms with van der Waals surface area (Å²) < 4.78 is 0.856. The van der Waals surface area contributed by atoms with Gasteiger partial charge >= 0.3 is 0 Å². The van der Waals surface area contributed by atoms with E-state index in [2.05, 4.69) is 50.2 Å². The van der Waals surface area contributed by atoms with Crippen molar-refractivity contribution in [2.75, 3.05) is 38.1 Å². The lowest BCUT2D eigenvalue weighted by molar-refractivity contribution is 0.0951. The largest absolute Gasteiger partial charge is 0.369 e. The van der Waals surface area contributed by atoms with Crippen LogP contribution in [0.1, 0.15) is 15.9 Å². The molecule has 0 aliphatic carbocycles. The van der Waals surface area contributed by atoms with Crippen LogP contribution in [0.2, 0.25) is 5.02 Å². The molecule has 2 aromatic carbocycles. The van der Waals surface area contributed by atoms with Gasteiger partial charge in [-0.2, -0.15) is 0 Å². The summed E-state index contributed by atoms with van der Waals surface area (Å²) in [5.41, 5.74) is 2.80. The highest BCUT2D eigenvalue weighted by Gasteiger charge is 2.17. The first-order valence-electron chi connectivity index (χ1n) is 8.29. The minimum Gasteiger partial charge on any atom is -0.369 e. The van der Waals surface area contributed by atoms with Crippen LogP contribution in [0.15, 0.2) is 46.9 Å². The van der Waals surface area contributed by atoms with Gasteiger partial charge in [0.25, 0.3) is 5.91 Å². The predicted octanol–water partition coefficient (Wildman–Crippen LogP) is 3.78. The van der Waals surface area contributed by atoms with Crippen molar-refractivity contribution in [2.24, 2.45) is 0 Å². The lowest BCUT2D eigenvalue weighted by Crippen LogP contribution is -2.45. The van der Waals surface area contributed by atoms with Crippen LogP contribution in [0.25, 0.3) is 0 Å². The van der Waals surface area contributed by atoms with Crippen molar-refractivity contribution in [1.29, 1.82) is 0 Å². The molecule has 1 aliphatic rings. The number of carbonyl (C=O) groups excluding carboxylic acids is 1. The quantitative estimate of drug-likeness (QED) is 0.814. The van der Waals surface area contributed by atoms with Gasteiger partial charge in [0, 0.05) is 42.9 Å². The first-order valence-corrected chi connectivity index (χ1v) is 9.46. The fourth-order valence-corrected chi connectivity index (χ4v) is 3.72. The molecule has 0 atom stereocenters. The van der Waals surface area contributed by atoms with E-state index in [4.69, 9.17) is 11.6 Å². The van der Waals surface area contributed by atoms with Crippen LogP contribution < -0.4 is 10.2 Å². The Bertz CT molecular complexity index is 760. The molecule has 3 rings (SSSR count). The normalized spacial score (nSPS) is 15.2. The van der Waals surface area contributed by atoms with Crippen LogP contribution in [0.5, 0.6) is 0 Å². The lowest BCUT2D eigenvalue weighted by Gasteiger charge is -2.35. The van der Waals surface area contributed by atoms with Crippen LogP contribution in [-0.4, -0.2) is 44.0 Å². The number of anilines is 1. The minimum atomic E-state index is -0.161. The Morgan fingerprint density at radius 3 is 2.60 bits per heavy atom. The third-order valence-corrected chi connectivity index (χ3v) is 5.26. The topological polar surface area (TPSA) is 35.6 Å². The monoisotopic (exact) mass is 421 g/mol. The second kappa shape index (κ2) is 8.21. The highest BCUT2D eigenvalue weighted by atomic mass is 79.9. The number of amides is 1. The smallest absolute Gasteiger partial charge is 0.253 e. The lowest BCUT2D eigenvalue weighted by atomic mass is 10.1. The number of para-hydroxylation sites is 1. The van der Waals surface area contributed by atoms with Crippen molar-refractivity contribution in [2.45, 2.75) is 6.54 Å². The minimum absolute atomic E-state index is 0.161. The van der Waals surface area contributed by atoms with Gasteiger partial charge in [-0.15, -0.1) is 0 Å². The first-order chi connectivity index (χ1) is 12.0. The van der Waals surface area contributed by atoms with E-state index in [1.165, 1.54) is 5.69 Å². The van der Waals surface area contributed by atoms with Crippen molar-refractivity contribution < 1.29 is 4.79 Å². The van der Waals surface area contributed by atoms with Gasteiger partial charge in [0.2, 0.25) is 0 Å². The zero-order valence-electron chi connectivity index (χ0n) is 14.1. The van der Waals surface area contributed by atoms with E-state index in [1.54, 1.807) is 12.1 Å². The van der Waals surface area contributed by atoms with E-state index in [0.29, 0.717) is 17.1 Å². The Labute approximate surface area is 161 Å². The van der Waals surface area contributed by atoms with Gasteiger partial charge in [0.1, 0.15) is 0 Å². The number of piperazine rings is 1. The first kappa shape index (κ1) is 18.2. The van der Waals surface area contributed by atoms with Crippen LogP contribution in [0, 0.1) is 0 Å². The number of carbonyl (C=O) groups is 1. The molecule has 132 valence electrons. The average molecular weight is 423 g/mol. The maximum Gasteiger partial charge on any atom is 0.253 e. The second-order valence-corrected chi connectivity index (χ2v) is 7.55. The standard InChI is InChI=1S/C19H21BrClN3O/c1-23-8-10-24(11-9-23)18-5-3-2-4-14(18)13-22-19(25)16-7-6-15(20)12-17(16)21/h2-7,12H,8-11,13H2,1H3,(H,22,25). The molecule has 2 aromatic rings. The van der Waals surface area contributed by atoms with E-state index in [1.807, 2.05) is 18.2 Å². The summed E-state index contributed by atoms with van der Waals surface area (Å²) in [6.07, 6.45) is 0. The van der Waals surface area contributed by atoms with Gasteiger partial charge in [-0.25, -0.2) is 0 Å². The number of hydrogen-bond acceptors (Lipinski definition) is 3. The molecular formula is C19H21BrClN3O. The molecular weight excluding hydrogens is 402 g/mol. The van der Waals surface area contributed by atoms with E-state index in [0.717, 1.165) is 36.2 Å². The SMILES string of the molecule is CN1CCN(c2ccccc2CNC(=O)c2ccc(Br)cc2Cl)CC1. The molecule has 6 heteroatoms. The molecule has 1 heterocycles. The molecule has 25 heavy (non-hydrogen) atoms. The number of benzene rings is 2. The van der Waals surface area contributed by atoms with Crippen molar-refractivity contribution in [3.05, 3.63) is 63.1 Å². The summed E-state index contributed by atoms with van der Waals surface area (Å²) in [6.45, 7) is 4.58. The molecule has 0 saturated carbocycles. The average Bonchev–Trinajstić information content (AvgIpc) is 2.61. The Kier molecular flexibility index (Phi) is 5.99. The number of halogens is 2. The summed E-state index contributed by atoms with van der Waals surface area (Å²) in [7, 11) is 2.14. The van der Waals surface area contributed by atoms with Crippen molar-refractivity contribution >= 4 is 39.1 Å². The van der Waals surface area contributed by atoms with E-state index >= 15 is 0 Å². The Hall–Kier alpha value is -1.56. The second-order valence-electron chi connectivity index (χ2n) is 6.23.